The van der Waals surface area contributed by atoms with Crippen LogP contribution in [0.25, 0.3) is 5.65 Å². The van der Waals surface area contributed by atoms with Gasteiger partial charge in [-0.2, -0.15) is 4.98 Å². The highest BCUT2D eigenvalue weighted by atomic mass is 32.2. The van der Waals surface area contributed by atoms with Gasteiger partial charge in [0.2, 0.25) is 5.95 Å². The van der Waals surface area contributed by atoms with Crippen LogP contribution in [-0.4, -0.2) is 27.1 Å². The van der Waals surface area contributed by atoms with Gasteiger partial charge < -0.3 is 5.73 Å². The number of aryl methyl sites for hydroxylation is 1. The van der Waals surface area contributed by atoms with Crippen molar-refractivity contribution in [2.24, 2.45) is 0 Å². The summed E-state index contributed by atoms with van der Waals surface area (Å²) in [6, 6.07) is 2.10. The predicted molar refractivity (Wildman–Crippen MR) is 61.2 cm³/mol. The van der Waals surface area contributed by atoms with Crippen molar-refractivity contribution < 1.29 is 0 Å². The van der Waals surface area contributed by atoms with Gasteiger partial charge in [0.1, 0.15) is 0 Å². The Labute approximate surface area is 85.5 Å². The molecule has 2 aromatic rings. The second-order valence-electron chi connectivity index (χ2n) is 3.46. The smallest absolute Gasteiger partial charge is 0.240 e. The fourth-order valence-corrected chi connectivity index (χ4v) is 2.70. The molecular weight excluding hydrogens is 196 g/mol. The average molecular weight is 210 g/mol. The molecule has 0 aliphatic rings. The minimum atomic E-state index is -0.102. The number of rotatable bonds is 1. The van der Waals surface area contributed by atoms with Gasteiger partial charge in [0.25, 0.3) is 0 Å². The van der Waals surface area contributed by atoms with Crippen molar-refractivity contribution in [3.63, 3.8) is 0 Å². The zero-order valence-corrected chi connectivity index (χ0v) is 9.42. The number of nitrogens with zero attached hydrogens (tertiary/aromatic N) is 3. The molecule has 4 nitrogen and oxygen atoms in total. The maximum Gasteiger partial charge on any atom is 0.240 e. The van der Waals surface area contributed by atoms with E-state index >= 15 is 0 Å². The third kappa shape index (κ3) is 1.33. The molecule has 2 aromatic heterocycles. The van der Waals surface area contributed by atoms with E-state index in [1.807, 2.05) is 6.20 Å². The van der Waals surface area contributed by atoms with E-state index in [1.165, 1.54) is 10.5 Å². The van der Waals surface area contributed by atoms with Crippen molar-refractivity contribution in [3.05, 3.63) is 17.8 Å². The highest BCUT2D eigenvalue weighted by molar-refractivity contribution is 8.15. The van der Waals surface area contributed by atoms with E-state index in [2.05, 4.69) is 35.6 Å². The molecule has 0 amide bonds. The molecule has 0 aliphatic heterocycles. The van der Waals surface area contributed by atoms with Gasteiger partial charge in [0.05, 0.1) is 0 Å². The number of hydrogen-bond donors (Lipinski definition) is 2. The number of pyridine rings is 1. The number of aromatic nitrogens is 3. The molecule has 0 saturated carbocycles. The van der Waals surface area contributed by atoms with Gasteiger partial charge in [0.15, 0.2) is 5.65 Å². The number of hydrogen-bond acceptors (Lipinski definition) is 3. The Kier molecular flexibility index (Phi) is 2.11. The molecule has 0 fully saturated rings. The topological polar surface area (TPSA) is 56.2 Å². The quantitative estimate of drug-likeness (QED) is 0.696. The summed E-state index contributed by atoms with van der Waals surface area (Å²) in [4.78, 5) is 5.56. The Bertz CT molecular complexity index is 475. The van der Waals surface area contributed by atoms with E-state index in [0.717, 1.165) is 5.65 Å². The maximum absolute atomic E-state index is 5.55. The van der Waals surface area contributed by atoms with E-state index in [1.54, 1.807) is 4.52 Å². The van der Waals surface area contributed by atoms with E-state index in [9.17, 15) is 0 Å². The Morgan fingerprint density at radius 2 is 2.14 bits per heavy atom. The highest BCUT2D eigenvalue weighted by Gasteiger charge is 2.08. The summed E-state index contributed by atoms with van der Waals surface area (Å²) in [6.07, 6.45) is 6.38. The SMILES string of the molecule is Cc1c([SH](C)C)ccn2nc(N)nc12. The Hall–Kier alpha value is -1.23. The molecule has 0 aliphatic carbocycles. The average Bonchev–Trinajstić information content (AvgIpc) is 2.46. The first-order chi connectivity index (χ1) is 6.59. The summed E-state index contributed by atoms with van der Waals surface area (Å²) in [5.74, 6) is 0.335. The first-order valence-electron chi connectivity index (χ1n) is 4.38. The summed E-state index contributed by atoms with van der Waals surface area (Å²) in [5.41, 5.74) is 7.61. The summed E-state index contributed by atoms with van der Waals surface area (Å²) < 4.78 is 1.73. The molecule has 5 heteroatoms. The third-order valence-corrected chi connectivity index (χ3v) is 3.67. The summed E-state index contributed by atoms with van der Waals surface area (Å²) >= 11 is 0. The summed E-state index contributed by atoms with van der Waals surface area (Å²) in [7, 11) is -0.102. The third-order valence-electron chi connectivity index (χ3n) is 2.22. The van der Waals surface area contributed by atoms with Crippen molar-refractivity contribution >= 4 is 22.5 Å². The van der Waals surface area contributed by atoms with Gasteiger partial charge in [-0.05, 0) is 30.4 Å². The molecular formula is C9H14N4S. The standard InChI is InChI=1S/C9H14N4S/c1-6-7(14(2)3)4-5-13-8(6)11-9(10)12-13/h4-5,14H,1-3H3,(H2,10,12). The minimum Gasteiger partial charge on any atom is -0.366 e. The fraction of sp³-hybridized carbons (Fsp3) is 0.333. The molecule has 0 saturated heterocycles. The van der Waals surface area contributed by atoms with Crippen molar-refractivity contribution in [2.75, 3.05) is 18.2 Å². The molecule has 14 heavy (non-hydrogen) atoms. The van der Waals surface area contributed by atoms with Crippen LogP contribution in [0.15, 0.2) is 17.2 Å². The normalized spacial score (nSPS) is 12.1. The van der Waals surface area contributed by atoms with Crippen LogP contribution >= 0.6 is 10.9 Å². The Morgan fingerprint density at radius 1 is 1.43 bits per heavy atom. The minimum absolute atomic E-state index is 0.102. The Morgan fingerprint density at radius 3 is 2.79 bits per heavy atom. The van der Waals surface area contributed by atoms with Crippen LogP contribution in [0.1, 0.15) is 5.56 Å². The largest absolute Gasteiger partial charge is 0.366 e. The lowest BCUT2D eigenvalue weighted by Gasteiger charge is -2.12. The van der Waals surface area contributed by atoms with Crippen LogP contribution < -0.4 is 5.73 Å². The Balaban J connectivity index is 2.74. The first-order valence-corrected chi connectivity index (χ1v) is 6.62. The molecule has 0 aromatic carbocycles. The number of nitrogen functional groups attached to an aromatic ring is 1. The monoisotopic (exact) mass is 210 g/mol. The highest BCUT2D eigenvalue weighted by Crippen LogP contribution is 2.32. The van der Waals surface area contributed by atoms with Gasteiger partial charge in [-0.15, -0.1) is 5.10 Å². The van der Waals surface area contributed by atoms with E-state index in [4.69, 9.17) is 5.73 Å². The van der Waals surface area contributed by atoms with Crippen LogP contribution in [0, 0.1) is 6.92 Å². The molecule has 0 atom stereocenters. The zero-order chi connectivity index (χ0) is 10.3. The molecule has 0 radical (unpaired) electrons. The molecule has 0 spiro atoms. The number of thiol groups is 1. The van der Waals surface area contributed by atoms with Crippen LogP contribution in [0.3, 0.4) is 0 Å². The van der Waals surface area contributed by atoms with Crippen LogP contribution in [0.5, 0.6) is 0 Å². The van der Waals surface area contributed by atoms with Crippen molar-refractivity contribution in [2.45, 2.75) is 11.8 Å². The molecule has 2 heterocycles. The van der Waals surface area contributed by atoms with Crippen molar-refractivity contribution in [3.8, 4) is 0 Å². The van der Waals surface area contributed by atoms with Gasteiger partial charge in [0, 0.05) is 11.8 Å². The number of nitrogens with two attached hydrogens (primary N) is 1. The molecule has 0 unspecified atom stereocenters. The second-order valence-corrected chi connectivity index (χ2v) is 5.73. The van der Waals surface area contributed by atoms with Gasteiger partial charge in [-0.25, -0.2) is 15.4 Å². The van der Waals surface area contributed by atoms with Crippen LogP contribution in [0.4, 0.5) is 5.95 Å². The van der Waals surface area contributed by atoms with Crippen molar-refractivity contribution in [1.29, 1.82) is 0 Å². The van der Waals surface area contributed by atoms with E-state index < -0.39 is 0 Å². The van der Waals surface area contributed by atoms with Crippen LogP contribution in [0.2, 0.25) is 0 Å². The molecule has 76 valence electrons. The molecule has 0 bridgehead atoms. The fourth-order valence-electron chi connectivity index (χ4n) is 1.56. The van der Waals surface area contributed by atoms with Gasteiger partial charge >= 0.3 is 0 Å². The maximum atomic E-state index is 5.55. The number of anilines is 1. The number of fused-ring (bicyclic) bond motifs is 1. The molecule has 2 rings (SSSR count). The first kappa shape index (κ1) is 9.33. The predicted octanol–water partition coefficient (Wildman–Crippen LogP) is 1.24. The van der Waals surface area contributed by atoms with Gasteiger partial charge in [-0.3, -0.25) is 0 Å². The molecule has 2 N–H and O–H groups in total. The zero-order valence-electron chi connectivity index (χ0n) is 8.52. The van der Waals surface area contributed by atoms with Gasteiger partial charge in [-0.1, -0.05) is 0 Å². The second kappa shape index (κ2) is 3.16. The lowest BCUT2D eigenvalue weighted by atomic mass is 10.3. The van der Waals surface area contributed by atoms with E-state index in [-0.39, 0.29) is 10.9 Å². The lowest BCUT2D eigenvalue weighted by Crippen LogP contribution is -1.93. The lowest BCUT2D eigenvalue weighted by molar-refractivity contribution is 0.950. The summed E-state index contributed by atoms with van der Waals surface area (Å²) in [5, 5.41) is 4.06. The summed E-state index contributed by atoms with van der Waals surface area (Å²) in [6.45, 7) is 2.07. The van der Waals surface area contributed by atoms with E-state index in [0.29, 0.717) is 5.95 Å². The van der Waals surface area contributed by atoms with Crippen LogP contribution in [-0.2, 0) is 0 Å². The van der Waals surface area contributed by atoms with Crippen molar-refractivity contribution in [1.82, 2.24) is 14.6 Å².